The number of carbonyl (C=O) groups excluding carboxylic acids is 3. The zero-order chi connectivity index (χ0) is 27.2. The molecule has 2 N–H and O–H groups in total. The second kappa shape index (κ2) is 12.5. The molecule has 3 aromatic rings. The lowest BCUT2D eigenvalue weighted by Gasteiger charge is -2.29. The quantitative estimate of drug-likeness (QED) is 0.268. The molecule has 0 bridgehead atoms. The lowest BCUT2D eigenvalue weighted by atomic mass is 9.77. The number of anilines is 2. The third kappa shape index (κ3) is 6.79. The van der Waals surface area contributed by atoms with Gasteiger partial charge in [-0.3, -0.25) is 9.59 Å². The topological polar surface area (TPSA) is 114 Å². The van der Waals surface area contributed by atoms with E-state index in [0.29, 0.717) is 27.9 Å². The van der Waals surface area contributed by atoms with Gasteiger partial charge < -0.3 is 19.8 Å². The Morgan fingerprint density at radius 1 is 1.00 bits per heavy atom. The summed E-state index contributed by atoms with van der Waals surface area (Å²) in [6.45, 7) is 3.66. The Balaban J connectivity index is 1.47. The second-order valence-corrected chi connectivity index (χ2v) is 10.5. The standard InChI is InChI=1S/C28H30Cl2N4O4/c1-3-17(6-4-5-16(2)35)18-7-9-19(10-8-18)27(36)34-25-24-22(13-21(30)15-32-24)38-26(25)28(37)33-23-12-11-20(29)14-31-23/h3,11-15,18-19H,4-10H2,1-2H3,(H,34,36)(H,31,33,37)/b17-3-. The number of hydrogen-bond donors (Lipinski definition) is 2. The van der Waals surface area contributed by atoms with Crippen LogP contribution in [-0.2, 0) is 9.59 Å². The molecule has 0 aromatic carbocycles. The molecule has 0 radical (unpaired) electrons. The molecule has 0 spiro atoms. The van der Waals surface area contributed by atoms with E-state index in [2.05, 4.69) is 26.7 Å². The van der Waals surface area contributed by atoms with Gasteiger partial charge in [0.2, 0.25) is 11.7 Å². The number of aromatic nitrogens is 2. The van der Waals surface area contributed by atoms with Gasteiger partial charge >= 0.3 is 0 Å². The van der Waals surface area contributed by atoms with Crippen LogP contribution >= 0.6 is 23.2 Å². The predicted octanol–water partition coefficient (Wildman–Crippen LogP) is 7.23. The first-order valence-electron chi connectivity index (χ1n) is 12.7. The van der Waals surface area contributed by atoms with Gasteiger partial charge in [-0.2, -0.15) is 0 Å². The van der Waals surface area contributed by atoms with Gasteiger partial charge in [-0.1, -0.05) is 34.9 Å². The van der Waals surface area contributed by atoms with Crippen LogP contribution in [0.5, 0.6) is 0 Å². The molecule has 8 nitrogen and oxygen atoms in total. The number of ketones is 1. The summed E-state index contributed by atoms with van der Waals surface area (Å²) in [5, 5.41) is 6.35. The number of allylic oxidation sites excluding steroid dienone is 2. The Kier molecular flexibility index (Phi) is 9.17. The fraction of sp³-hybridized carbons (Fsp3) is 0.393. The summed E-state index contributed by atoms with van der Waals surface area (Å²) in [6.07, 6.45) is 10.6. The van der Waals surface area contributed by atoms with Crippen molar-refractivity contribution in [3.8, 4) is 0 Å². The largest absolute Gasteiger partial charge is 0.447 e. The van der Waals surface area contributed by atoms with Gasteiger partial charge in [0.1, 0.15) is 22.8 Å². The number of nitrogens with one attached hydrogen (secondary N) is 2. The molecule has 38 heavy (non-hydrogen) atoms. The maximum atomic E-state index is 13.3. The highest BCUT2D eigenvalue weighted by atomic mass is 35.5. The SMILES string of the molecule is C/C=C(/CCCC(C)=O)C1CCC(C(=O)Nc2c(C(=O)Nc3ccc(Cl)cn3)oc3cc(Cl)cnc23)CC1. The Morgan fingerprint density at radius 3 is 2.37 bits per heavy atom. The number of nitrogens with zero attached hydrogens (tertiary/aromatic N) is 2. The van der Waals surface area contributed by atoms with Gasteiger partial charge in [0.25, 0.3) is 5.91 Å². The minimum Gasteiger partial charge on any atom is -0.447 e. The number of rotatable bonds is 9. The summed E-state index contributed by atoms with van der Waals surface area (Å²) in [5.41, 5.74) is 2.19. The van der Waals surface area contributed by atoms with Crippen molar-refractivity contribution in [2.24, 2.45) is 11.8 Å². The van der Waals surface area contributed by atoms with Gasteiger partial charge in [-0.25, -0.2) is 9.97 Å². The summed E-state index contributed by atoms with van der Waals surface area (Å²) in [5.74, 6) is -0.145. The summed E-state index contributed by atoms with van der Waals surface area (Å²) >= 11 is 12.0. The highest BCUT2D eigenvalue weighted by Gasteiger charge is 2.30. The normalized spacial score (nSPS) is 17.8. The average Bonchev–Trinajstić information content (AvgIpc) is 3.25. The minimum absolute atomic E-state index is 0.0878. The predicted molar refractivity (Wildman–Crippen MR) is 149 cm³/mol. The number of pyridine rings is 2. The summed E-state index contributed by atoms with van der Waals surface area (Å²) in [6, 6.07) is 4.71. The molecule has 200 valence electrons. The maximum Gasteiger partial charge on any atom is 0.294 e. The van der Waals surface area contributed by atoms with Crippen molar-refractivity contribution in [2.75, 3.05) is 10.6 Å². The molecule has 1 saturated carbocycles. The number of amides is 2. The second-order valence-electron chi connectivity index (χ2n) is 9.58. The van der Waals surface area contributed by atoms with Crippen molar-refractivity contribution in [3.63, 3.8) is 0 Å². The van der Waals surface area contributed by atoms with Crippen LogP contribution in [-0.4, -0.2) is 27.6 Å². The van der Waals surface area contributed by atoms with Crippen molar-refractivity contribution >= 4 is 63.4 Å². The van der Waals surface area contributed by atoms with Crippen LogP contribution in [0.25, 0.3) is 11.1 Å². The first-order valence-corrected chi connectivity index (χ1v) is 13.5. The molecule has 0 aliphatic heterocycles. The van der Waals surface area contributed by atoms with E-state index in [1.807, 2.05) is 6.92 Å². The van der Waals surface area contributed by atoms with Crippen molar-refractivity contribution in [1.82, 2.24) is 9.97 Å². The Bertz CT molecular complexity index is 1360. The van der Waals surface area contributed by atoms with Gasteiger partial charge in [0, 0.05) is 30.8 Å². The fourth-order valence-electron chi connectivity index (χ4n) is 4.93. The Hall–Kier alpha value is -3.23. The lowest BCUT2D eigenvalue weighted by Crippen LogP contribution is -2.28. The van der Waals surface area contributed by atoms with Crippen LogP contribution in [0, 0.1) is 11.8 Å². The van der Waals surface area contributed by atoms with Crippen molar-refractivity contribution in [1.29, 1.82) is 0 Å². The van der Waals surface area contributed by atoms with E-state index in [1.165, 1.54) is 18.0 Å². The van der Waals surface area contributed by atoms with Gasteiger partial charge in [-0.15, -0.1) is 0 Å². The smallest absolute Gasteiger partial charge is 0.294 e. The summed E-state index contributed by atoms with van der Waals surface area (Å²) < 4.78 is 5.78. The number of Topliss-reactive ketones (excluding diaryl/α,β-unsaturated/α-hetero) is 1. The van der Waals surface area contributed by atoms with Crippen molar-refractivity contribution in [2.45, 2.75) is 58.8 Å². The maximum absolute atomic E-state index is 13.3. The molecule has 1 aliphatic rings. The van der Waals surface area contributed by atoms with E-state index in [9.17, 15) is 14.4 Å². The monoisotopic (exact) mass is 556 g/mol. The first-order chi connectivity index (χ1) is 18.2. The number of hydrogen-bond acceptors (Lipinski definition) is 6. The Morgan fingerprint density at radius 2 is 1.71 bits per heavy atom. The molecule has 0 unspecified atom stereocenters. The highest BCUT2D eigenvalue weighted by Crippen LogP contribution is 2.37. The fourth-order valence-corrected chi connectivity index (χ4v) is 5.19. The number of halogens is 2. The molecular weight excluding hydrogens is 527 g/mol. The molecule has 2 amide bonds. The van der Waals surface area contributed by atoms with E-state index in [-0.39, 0.29) is 40.5 Å². The average molecular weight is 557 g/mol. The van der Waals surface area contributed by atoms with Crippen LogP contribution in [0.1, 0.15) is 69.3 Å². The van der Waals surface area contributed by atoms with Gasteiger partial charge in [0.05, 0.1) is 10.0 Å². The van der Waals surface area contributed by atoms with Crippen LogP contribution in [0.2, 0.25) is 10.0 Å². The van der Waals surface area contributed by atoms with Crippen LogP contribution in [0.3, 0.4) is 0 Å². The Labute approximate surface area is 231 Å². The zero-order valence-corrected chi connectivity index (χ0v) is 22.9. The van der Waals surface area contributed by atoms with E-state index in [1.54, 1.807) is 25.1 Å². The van der Waals surface area contributed by atoms with Crippen LogP contribution in [0.15, 0.2) is 46.7 Å². The molecule has 1 fully saturated rings. The van der Waals surface area contributed by atoms with E-state index in [4.69, 9.17) is 27.6 Å². The molecular formula is C28H30Cl2N4O4. The van der Waals surface area contributed by atoms with Gasteiger partial charge in [0.15, 0.2) is 5.58 Å². The van der Waals surface area contributed by atoms with E-state index in [0.717, 1.165) is 38.5 Å². The number of fused-ring (bicyclic) bond motifs is 1. The van der Waals surface area contributed by atoms with E-state index < -0.39 is 5.91 Å². The third-order valence-corrected chi connectivity index (χ3v) is 7.34. The first kappa shape index (κ1) is 27.8. The molecule has 1 aliphatic carbocycles. The molecule has 0 atom stereocenters. The molecule has 4 rings (SSSR count). The summed E-state index contributed by atoms with van der Waals surface area (Å²) in [4.78, 5) is 46.1. The molecule has 10 heteroatoms. The van der Waals surface area contributed by atoms with Crippen LogP contribution < -0.4 is 10.6 Å². The highest BCUT2D eigenvalue weighted by molar-refractivity contribution is 6.31. The van der Waals surface area contributed by atoms with E-state index >= 15 is 0 Å². The van der Waals surface area contributed by atoms with Crippen LogP contribution in [0.4, 0.5) is 11.5 Å². The molecule has 3 aromatic heterocycles. The lowest BCUT2D eigenvalue weighted by molar-refractivity contribution is -0.121. The van der Waals surface area contributed by atoms with Gasteiger partial charge in [-0.05, 0) is 70.4 Å². The summed E-state index contributed by atoms with van der Waals surface area (Å²) in [7, 11) is 0. The van der Waals surface area contributed by atoms with Crippen molar-refractivity contribution < 1.29 is 18.8 Å². The minimum atomic E-state index is -0.587. The third-order valence-electron chi connectivity index (χ3n) is 6.91. The number of carbonyl (C=O) groups is 3. The number of furan rings is 1. The van der Waals surface area contributed by atoms with Crippen molar-refractivity contribution in [3.05, 3.63) is 58.0 Å². The molecule has 3 heterocycles. The molecule has 0 saturated heterocycles. The zero-order valence-electron chi connectivity index (χ0n) is 21.4.